The highest BCUT2D eigenvalue weighted by molar-refractivity contribution is 7.17. The number of carbonyl (C=O) groups is 1. The van der Waals surface area contributed by atoms with Gasteiger partial charge in [-0.15, -0.1) is 11.3 Å². The first kappa shape index (κ1) is 21.6. The number of fused-ring (bicyclic) bond motifs is 1. The summed E-state index contributed by atoms with van der Waals surface area (Å²) in [7, 11) is 1.54. The summed E-state index contributed by atoms with van der Waals surface area (Å²) < 4.78 is 8.31. The molecule has 32 heavy (non-hydrogen) atoms. The van der Waals surface area contributed by atoms with Crippen LogP contribution in [0.4, 0.5) is 5.69 Å². The van der Waals surface area contributed by atoms with Crippen LogP contribution in [0.25, 0.3) is 10.2 Å². The zero-order valence-corrected chi connectivity index (χ0v) is 18.6. The Morgan fingerprint density at radius 3 is 2.47 bits per heavy atom. The number of aryl methyl sites for hydroxylation is 1. The summed E-state index contributed by atoms with van der Waals surface area (Å²) in [4.78, 5) is 39.2. The van der Waals surface area contributed by atoms with E-state index >= 15 is 0 Å². The maximum atomic E-state index is 13.3. The summed E-state index contributed by atoms with van der Waals surface area (Å²) in [5, 5.41) is 4.64. The smallest absolute Gasteiger partial charge is 0.332 e. The Labute approximate surface area is 188 Å². The molecule has 0 saturated heterocycles. The molecule has 0 aliphatic heterocycles. The van der Waals surface area contributed by atoms with Crippen LogP contribution < -0.4 is 21.3 Å². The first-order chi connectivity index (χ1) is 15.5. The van der Waals surface area contributed by atoms with E-state index in [-0.39, 0.29) is 24.6 Å². The van der Waals surface area contributed by atoms with E-state index in [0.29, 0.717) is 21.5 Å². The van der Waals surface area contributed by atoms with Crippen LogP contribution in [0.1, 0.15) is 18.1 Å². The molecule has 4 aromatic rings. The molecule has 164 valence electrons. The van der Waals surface area contributed by atoms with E-state index in [4.69, 9.17) is 4.74 Å². The van der Waals surface area contributed by atoms with E-state index < -0.39 is 5.69 Å². The minimum absolute atomic E-state index is 0.0514. The zero-order chi connectivity index (χ0) is 22.7. The quantitative estimate of drug-likeness (QED) is 0.468. The number of nitrogens with one attached hydrogen (secondary N) is 1. The molecule has 0 atom stereocenters. The number of para-hydroxylation sites is 2. The average molecular weight is 450 g/mol. The fraction of sp³-hybridized carbons (Fsp3) is 0.208. The van der Waals surface area contributed by atoms with Gasteiger partial charge in [0.05, 0.1) is 19.2 Å². The van der Waals surface area contributed by atoms with Crippen LogP contribution in [0, 0.1) is 0 Å². The Morgan fingerprint density at radius 1 is 1.00 bits per heavy atom. The van der Waals surface area contributed by atoms with E-state index in [9.17, 15) is 14.4 Å². The lowest BCUT2D eigenvalue weighted by atomic mass is 10.1. The lowest BCUT2D eigenvalue weighted by Crippen LogP contribution is -2.41. The van der Waals surface area contributed by atoms with Crippen LogP contribution in [-0.2, 0) is 24.3 Å². The van der Waals surface area contributed by atoms with Crippen LogP contribution in [0.5, 0.6) is 5.75 Å². The number of rotatable bonds is 7. The maximum Gasteiger partial charge on any atom is 0.332 e. The molecule has 2 heterocycles. The molecule has 4 rings (SSSR count). The lowest BCUT2D eigenvalue weighted by Gasteiger charge is -2.14. The molecule has 2 aromatic carbocycles. The second-order valence-electron chi connectivity index (χ2n) is 7.27. The Bertz CT molecular complexity index is 1400. The summed E-state index contributed by atoms with van der Waals surface area (Å²) in [6.45, 7) is 1.87. The van der Waals surface area contributed by atoms with E-state index in [1.807, 2.05) is 49.4 Å². The first-order valence-corrected chi connectivity index (χ1v) is 11.1. The van der Waals surface area contributed by atoms with Gasteiger partial charge in [0, 0.05) is 11.3 Å². The molecule has 0 aliphatic carbocycles. The second-order valence-corrected chi connectivity index (χ2v) is 8.18. The van der Waals surface area contributed by atoms with E-state index in [2.05, 4.69) is 5.32 Å². The first-order valence-electron chi connectivity index (χ1n) is 10.2. The molecule has 0 unspecified atom stereocenters. The highest BCUT2D eigenvalue weighted by Crippen LogP contribution is 2.20. The fourth-order valence-electron chi connectivity index (χ4n) is 3.71. The number of nitrogens with zero attached hydrogens (tertiary/aromatic N) is 2. The Hall–Kier alpha value is -3.65. The number of methoxy groups -OCH3 is 1. The normalized spacial score (nSPS) is 10.9. The van der Waals surface area contributed by atoms with Gasteiger partial charge in [-0.05, 0) is 35.6 Å². The summed E-state index contributed by atoms with van der Waals surface area (Å²) in [6.07, 6.45) is 0.773. The van der Waals surface area contributed by atoms with E-state index in [1.54, 1.807) is 24.6 Å². The molecule has 1 amide bonds. The Kier molecular flexibility index (Phi) is 6.23. The van der Waals surface area contributed by atoms with Crippen LogP contribution >= 0.6 is 11.3 Å². The highest BCUT2D eigenvalue weighted by Gasteiger charge is 2.18. The number of aromatic nitrogens is 2. The van der Waals surface area contributed by atoms with Crippen LogP contribution in [0.3, 0.4) is 0 Å². The van der Waals surface area contributed by atoms with Crippen LogP contribution in [0.15, 0.2) is 69.6 Å². The number of hydrogen-bond donors (Lipinski definition) is 1. The fourth-order valence-corrected chi connectivity index (χ4v) is 4.56. The number of ether oxygens (including phenoxy) is 1. The molecule has 0 bridgehead atoms. The third-order valence-electron chi connectivity index (χ3n) is 5.33. The SMILES string of the molecule is CCc1ccccc1NC(=O)Cn1c(=O)n(Cc2ccccc2OC)c(=O)c2sccc21. The third-order valence-corrected chi connectivity index (χ3v) is 6.22. The van der Waals surface area contributed by atoms with Gasteiger partial charge < -0.3 is 10.1 Å². The Balaban J connectivity index is 1.73. The van der Waals surface area contributed by atoms with Crippen molar-refractivity contribution in [2.24, 2.45) is 0 Å². The van der Waals surface area contributed by atoms with Gasteiger partial charge in [0.2, 0.25) is 5.91 Å². The van der Waals surface area contributed by atoms with Gasteiger partial charge in [0.15, 0.2) is 0 Å². The van der Waals surface area contributed by atoms with Crippen molar-refractivity contribution in [2.75, 3.05) is 12.4 Å². The van der Waals surface area contributed by atoms with E-state index in [0.717, 1.165) is 22.2 Å². The van der Waals surface area contributed by atoms with E-state index in [1.165, 1.54) is 15.9 Å². The van der Waals surface area contributed by atoms with Crippen molar-refractivity contribution in [1.82, 2.24) is 9.13 Å². The molecule has 7 nitrogen and oxygen atoms in total. The summed E-state index contributed by atoms with van der Waals surface area (Å²) in [6, 6.07) is 16.5. The largest absolute Gasteiger partial charge is 0.496 e. The van der Waals surface area contributed by atoms with Crippen LogP contribution in [-0.4, -0.2) is 22.2 Å². The standard InChI is InChI=1S/C24H23N3O4S/c1-3-16-8-4-6-10-18(16)25-21(28)15-26-19-12-13-32-22(19)23(29)27(24(26)30)14-17-9-5-7-11-20(17)31-2/h4-13H,3,14-15H2,1-2H3,(H,25,28). The highest BCUT2D eigenvalue weighted by atomic mass is 32.1. The van der Waals surface area contributed by atoms with Crippen molar-refractivity contribution in [2.45, 2.75) is 26.4 Å². The number of anilines is 1. The molecular weight excluding hydrogens is 426 g/mol. The van der Waals surface area contributed by atoms with Gasteiger partial charge in [-0.25, -0.2) is 4.79 Å². The predicted molar refractivity (Wildman–Crippen MR) is 127 cm³/mol. The number of thiophene rings is 1. The van der Waals surface area contributed by atoms with Gasteiger partial charge in [0.25, 0.3) is 5.56 Å². The number of carbonyl (C=O) groups excluding carboxylic acids is 1. The lowest BCUT2D eigenvalue weighted by molar-refractivity contribution is -0.116. The molecular formula is C24H23N3O4S. The van der Waals surface area contributed by atoms with Crippen molar-refractivity contribution in [3.63, 3.8) is 0 Å². The number of benzene rings is 2. The monoisotopic (exact) mass is 449 g/mol. The molecule has 0 fully saturated rings. The van der Waals surface area contributed by atoms with Crippen LogP contribution in [0.2, 0.25) is 0 Å². The average Bonchev–Trinajstić information content (AvgIpc) is 3.30. The molecule has 8 heteroatoms. The summed E-state index contributed by atoms with van der Waals surface area (Å²) in [5.41, 5.74) is 1.98. The summed E-state index contributed by atoms with van der Waals surface area (Å²) in [5.74, 6) is 0.258. The molecule has 0 saturated carbocycles. The maximum absolute atomic E-state index is 13.3. The number of hydrogen-bond acceptors (Lipinski definition) is 5. The van der Waals surface area contributed by atoms with Gasteiger partial charge in [0.1, 0.15) is 17.0 Å². The van der Waals surface area contributed by atoms with Crippen molar-refractivity contribution >= 4 is 33.1 Å². The van der Waals surface area contributed by atoms with Crippen molar-refractivity contribution in [1.29, 1.82) is 0 Å². The third kappa shape index (κ3) is 4.09. The van der Waals surface area contributed by atoms with Crippen molar-refractivity contribution in [3.8, 4) is 5.75 Å². The minimum Gasteiger partial charge on any atom is -0.496 e. The van der Waals surface area contributed by atoms with Gasteiger partial charge in [-0.3, -0.25) is 18.7 Å². The zero-order valence-electron chi connectivity index (χ0n) is 17.8. The molecule has 1 N–H and O–H groups in total. The summed E-state index contributed by atoms with van der Waals surface area (Å²) >= 11 is 1.25. The topological polar surface area (TPSA) is 82.3 Å². The van der Waals surface area contributed by atoms with Crippen molar-refractivity contribution in [3.05, 3.63) is 91.9 Å². The van der Waals surface area contributed by atoms with Gasteiger partial charge in [-0.1, -0.05) is 43.3 Å². The second kappa shape index (κ2) is 9.23. The van der Waals surface area contributed by atoms with Gasteiger partial charge in [-0.2, -0.15) is 0 Å². The molecule has 0 spiro atoms. The van der Waals surface area contributed by atoms with Gasteiger partial charge >= 0.3 is 5.69 Å². The minimum atomic E-state index is -0.536. The molecule has 2 aromatic heterocycles. The number of amides is 1. The molecule has 0 radical (unpaired) electrons. The van der Waals surface area contributed by atoms with Crippen molar-refractivity contribution < 1.29 is 9.53 Å². The molecule has 0 aliphatic rings. The Morgan fingerprint density at radius 2 is 1.72 bits per heavy atom. The predicted octanol–water partition coefficient (Wildman–Crippen LogP) is 3.48.